The molecule has 3 rings (SSSR count). The molecule has 0 radical (unpaired) electrons. The molecule has 3 nitrogen and oxygen atoms in total. The largest absolute Gasteiger partial charge is 0.507 e. The minimum Gasteiger partial charge on any atom is -0.507 e. The van der Waals surface area contributed by atoms with Crippen molar-refractivity contribution < 1.29 is 14.9 Å². The monoisotopic (exact) mass is 308 g/mol. The van der Waals surface area contributed by atoms with Gasteiger partial charge >= 0.3 is 0 Å². The molecule has 0 aliphatic rings. The second-order valence-corrected chi connectivity index (χ2v) is 5.57. The third-order valence-electron chi connectivity index (χ3n) is 4.22. The van der Waals surface area contributed by atoms with Gasteiger partial charge in [0.15, 0.2) is 0 Å². The fourth-order valence-corrected chi connectivity index (χ4v) is 3.04. The number of aromatic hydroxyl groups is 1. The van der Waals surface area contributed by atoms with E-state index in [0.29, 0.717) is 6.42 Å². The minimum atomic E-state index is -0.0836. The number of phenols is 1. The lowest BCUT2D eigenvalue weighted by Gasteiger charge is -2.20. The van der Waals surface area contributed by atoms with E-state index in [9.17, 15) is 10.2 Å². The van der Waals surface area contributed by atoms with Crippen LogP contribution in [0.2, 0.25) is 0 Å². The molecule has 0 unspecified atom stereocenters. The molecular formula is C20H20O3. The van der Waals surface area contributed by atoms with Crippen LogP contribution in [-0.4, -0.2) is 23.9 Å². The Morgan fingerprint density at radius 3 is 2.61 bits per heavy atom. The van der Waals surface area contributed by atoms with Gasteiger partial charge in [0.2, 0.25) is 0 Å². The number of fused-ring (bicyclic) bond motifs is 1. The molecule has 23 heavy (non-hydrogen) atoms. The summed E-state index contributed by atoms with van der Waals surface area (Å²) in [5.74, 6) is 0.967. The first-order valence-corrected chi connectivity index (χ1v) is 7.70. The fraction of sp³-hybridized carbons (Fsp3) is 0.200. The average molecular weight is 308 g/mol. The van der Waals surface area contributed by atoms with Gasteiger partial charge in [-0.15, -0.1) is 0 Å². The summed E-state index contributed by atoms with van der Waals surface area (Å²) in [6.07, 6.45) is 0.541. The number of rotatable bonds is 5. The SMILES string of the molecule is COc1cccc([C@H](CCO)c2ccc3ccccc3c2O)c1. The Bertz CT molecular complexity index is 811. The second-order valence-electron chi connectivity index (χ2n) is 5.57. The van der Waals surface area contributed by atoms with E-state index in [1.54, 1.807) is 7.11 Å². The van der Waals surface area contributed by atoms with E-state index >= 15 is 0 Å². The molecule has 0 aliphatic heterocycles. The number of benzene rings is 3. The number of phenolic OH excluding ortho intramolecular Hbond substituents is 1. The van der Waals surface area contributed by atoms with Crippen LogP contribution >= 0.6 is 0 Å². The van der Waals surface area contributed by atoms with Crippen molar-refractivity contribution in [1.82, 2.24) is 0 Å². The van der Waals surface area contributed by atoms with Crippen LogP contribution in [0.4, 0.5) is 0 Å². The van der Waals surface area contributed by atoms with Crippen LogP contribution in [0, 0.1) is 0 Å². The number of aliphatic hydroxyl groups is 1. The summed E-state index contributed by atoms with van der Waals surface area (Å²) in [5.41, 5.74) is 1.84. The molecule has 0 heterocycles. The lowest BCUT2D eigenvalue weighted by molar-refractivity contribution is 0.280. The van der Waals surface area contributed by atoms with Crippen LogP contribution in [0.3, 0.4) is 0 Å². The summed E-state index contributed by atoms with van der Waals surface area (Å²) in [4.78, 5) is 0. The van der Waals surface area contributed by atoms with Crippen LogP contribution < -0.4 is 4.74 Å². The maximum absolute atomic E-state index is 10.7. The smallest absolute Gasteiger partial charge is 0.127 e. The average Bonchev–Trinajstić information content (AvgIpc) is 2.61. The Kier molecular flexibility index (Phi) is 4.49. The Labute approximate surface area is 135 Å². The molecule has 2 N–H and O–H groups in total. The van der Waals surface area contributed by atoms with E-state index < -0.39 is 0 Å². The lowest BCUT2D eigenvalue weighted by atomic mass is 9.86. The molecule has 3 aromatic carbocycles. The number of aliphatic hydroxyl groups excluding tert-OH is 1. The maximum Gasteiger partial charge on any atom is 0.127 e. The van der Waals surface area contributed by atoms with Crippen molar-refractivity contribution in [3.8, 4) is 11.5 Å². The zero-order valence-electron chi connectivity index (χ0n) is 13.1. The van der Waals surface area contributed by atoms with Crippen LogP contribution in [-0.2, 0) is 0 Å². The van der Waals surface area contributed by atoms with Gasteiger partial charge in [0.05, 0.1) is 7.11 Å². The Hall–Kier alpha value is -2.52. The summed E-state index contributed by atoms with van der Waals surface area (Å²) < 4.78 is 5.29. The highest BCUT2D eigenvalue weighted by molar-refractivity contribution is 5.89. The second kappa shape index (κ2) is 6.71. The Morgan fingerprint density at radius 2 is 1.83 bits per heavy atom. The molecule has 118 valence electrons. The number of ether oxygens (including phenoxy) is 1. The molecule has 0 spiro atoms. The summed E-state index contributed by atoms with van der Waals surface area (Å²) in [6.45, 7) is 0.0497. The van der Waals surface area contributed by atoms with Crippen molar-refractivity contribution in [1.29, 1.82) is 0 Å². The van der Waals surface area contributed by atoms with Crippen LogP contribution in [0.25, 0.3) is 10.8 Å². The fourth-order valence-electron chi connectivity index (χ4n) is 3.04. The quantitative estimate of drug-likeness (QED) is 0.747. The summed E-state index contributed by atoms with van der Waals surface area (Å²) >= 11 is 0. The zero-order valence-corrected chi connectivity index (χ0v) is 13.1. The minimum absolute atomic E-state index is 0.0497. The third kappa shape index (κ3) is 3.01. The first-order chi connectivity index (χ1) is 11.2. The third-order valence-corrected chi connectivity index (χ3v) is 4.22. The van der Waals surface area contributed by atoms with Gasteiger partial charge in [-0.05, 0) is 29.5 Å². The predicted octanol–water partition coefficient (Wildman–Crippen LogP) is 4.07. The number of methoxy groups -OCH3 is 1. The van der Waals surface area contributed by atoms with Gasteiger partial charge in [-0.3, -0.25) is 0 Å². The van der Waals surface area contributed by atoms with Crippen molar-refractivity contribution in [3.05, 3.63) is 71.8 Å². The van der Waals surface area contributed by atoms with Gasteiger partial charge in [-0.25, -0.2) is 0 Å². The Balaban J connectivity index is 2.12. The number of hydrogen-bond acceptors (Lipinski definition) is 3. The van der Waals surface area contributed by atoms with Gasteiger partial charge < -0.3 is 14.9 Å². The molecule has 0 aromatic heterocycles. The van der Waals surface area contributed by atoms with E-state index in [1.807, 2.05) is 60.7 Å². The van der Waals surface area contributed by atoms with Crippen molar-refractivity contribution in [3.63, 3.8) is 0 Å². The highest BCUT2D eigenvalue weighted by atomic mass is 16.5. The highest BCUT2D eigenvalue weighted by Gasteiger charge is 2.19. The van der Waals surface area contributed by atoms with E-state index in [2.05, 4.69) is 0 Å². The molecule has 3 heteroatoms. The van der Waals surface area contributed by atoms with Gasteiger partial charge in [-0.1, -0.05) is 48.5 Å². The maximum atomic E-state index is 10.7. The zero-order chi connectivity index (χ0) is 16.2. The normalized spacial score (nSPS) is 12.3. The Morgan fingerprint density at radius 1 is 1.00 bits per heavy atom. The van der Waals surface area contributed by atoms with E-state index in [4.69, 9.17) is 4.74 Å². The van der Waals surface area contributed by atoms with E-state index in [0.717, 1.165) is 27.6 Å². The van der Waals surface area contributed by atoms with E-state index in [1.165, 1.54) is 0 Å². The van der Waals surface area contributed by atoms with Gasteiger partial charge in [-0.2, -0.15) is 0 Å². The molecule has 0 saturated carbocycles. The van der Waals surface area contributed by atoms with Crippen molar-refractivity contribution in [2.75, 3.05) is 13.7 Å². The van der Waals surface area contributed by atoms with Crippen LogP contribution in [0.5, 0.6) is 11.5 Å². The lowest BCUT2D eigenvalue weighted by Crippen LogP contribution is -2.04. The molecule has 0 amide bonds. The predicted molar refractivity (Wildman–Crippen MR) is 92.2 cm³/mol. The van der Waals surface area contributed by atoms with Crippen LogP contribution in [0.1, 0.15) is 23.5 Å². The summed E-state index contributed by atoms with van der Waals surface area (Å²) in [7, 11) is 1.63. The first kappa shape index (κ1) is 15.4. The van der Waals surface area contributed by atoms with Crippen molar-refractivity contribution >= 4 is 10.8 Å². The number of hydrogen-bond donors (Lipinski definition) is 2. The van der Waals surface area contributed by atoms with Gasteiger partial charge in [0.25, 0.3) is 0 Å². The highest BCUT2D eigenvalue weighted by Crippen LogP contribution is 2.38. The van der Waals surface area contributed by atoms with Gasteiger partial charge in [0, 0.05) is 23.5 Å². The molecule has 1 atom stereocenters. The molecule has 0 aliphatic carbocycles. The van der Waals surface area contributed by atoms with Crippen molar-refractivity contribution in [2.24, 2.45) is 0 Å². The standard InChI is InChI=1S/C20H20O3/c1-23-16-7-4-6-15(13-16)17(11-12-21)19-10-9-14-5-2-3-8-18(14)20(19)22/h2-10,13,17,21-22H,11-12H2,1H3/t17-/m0/s1. The molecular weight excluding hydrogens is 288 g/mol. The first-order valence-electron chi connectivity index (χ1n) is 7.70. The van der Waals surface area contributed by atoms with Crippen LogP contribution in [0.15, 0.2) is 60.7 Å². The molecule has 0 fully saturated rings. The van der Waals surface area contributed by atoms with E-state index in [-0.39, 0.29) is 18.3 Å². The van der Waals surface area contributed by atoms with Crippen molar-refractivity contribution in [2.45, 2.75) is 12.3 Å². The molecule has 0 bridgehead atoms. The topological polar surface area (TPSA) is 49.7 Å². The summed E-state index contributed by atoms with van der Waals surface area (Å²) in [6, 6.07) is 19.5. The molecule has 3 aromatic rings. The summed E-state index contributed by atoms with van der Waals surface area (Å²) in [5, 5.41) is 22.0. The van der Waals surface area contributed by atoms with Gasteiger partial charge in [0.1, 0.15) is 11.5 Å². The molecule has 0 saturated heterocycles.